The highest BCUT2D eigenvalue weighted by Gasteiger charge is 2.19. The van der Waals surface area contributed by atoms with Crippen molar-refractivity contribution < 1.29 is 0 Å². The molecule has 1 atom stereocenters. The minimum atomic E-state index is 0.298. The molecule has 0 aromatic carbocycles. The Balaban J connectivity index is 2.86. The zero-order valence-electron chi connectivity index (χ0n) is 10.9. The van der Waals surface area contributed by atoms with Crippen LogP contribution >= 0.6 is 23.4 Å². The van der Waals surface area contributed by atoms with Crippen LogP contribution in [0.25, 0.3) is 0 Å². The molecule has 5 heteroatoms. The number of nitrogens with zero attached hydrogens (tertiary/aromatic N) is 2. The molecule has 0 saturated heterocycles. The van der Waals surface area contributed by atoms with Gasteiger partial charge < -0.3 is 5.32 Å². The minimum absolute atomic E-state index is 0.298. The topological polar surface area (TPSA) is 29.9 Å². The molecular formula is C12H22ClN3S. The lowest BCUT2D eigenvalue weighted by Gasteiger charge is -2.19. The maximum absolute atomic E-state index is 6.26. The van der Waals surface area contributed by atoms with Gasteiger partial charge in [0.15, 0.2) is 0 Å². The number of nitrogens with one attached hydrogen (secondary N) is 1. The largest absolute Gasteiger partial charge is 0.308 e. The van der Waals surface area contributed by atoms with Crippen molar-refractivity contribution in [3.05, 3.63) is 16.9 Å². The molecule has 0 spiro atoms. The summed E-state index contributed by atoms with van der Waals surface area (Å²) < 4.78 is 2.03. The van der Waals surface area contributed by atoms with Crippen molar-refractivity contribution in [1.82, 2.24) is 15.1 Å². The average molecular weight is 276 g/mol. The van der Waals surface area contributed by atoms with Gasteiger partial charge in [-0.1, -0.05) is 25.4 Å². The summed E-state index contributed by atoms with van der Waals surface area (Å²) in [6.45, 7) is 6.27. The van der Waals surface area contributed by atoms with E-state index in [0.717, 1.165) is 42.4 Å². The molecule has 0 saturated carbocycles. The van der Waals surface area contributed by atoms with E-state index in [4.69, 9.17) is 11.6 Å². The van der Waals surface area contributed by atoms with Crippen molar-refractivity contribution in [2.75, 3.05) is 18.6 Å². The van der Waals surface area contributed by atoms with Gasteiger partial charge in [-0.05, 0) is 25.6 Å². The number of aryl methyl sites for hydroxylation is 1. The molecule has 0 aliphatic carbocycles. The summed E-state index contributed by atoms with van der Waals surface area (Å²) >= 11 is 8.09. The third kappa shape index (κ3) is 4.19. The average Bonchev–Trinajstić information content (AvgIpc) is 2.67. The fraction of sp³-hybridized carbons (Fsp3) is 0.750. The van der Waals surface area contributed by atoms with Crippen molar-refractivity contribution in [3.63, 3.8) is 0 Å². The SMILES string of the molecule is CCCNC(CSC)c1c(Cl)cnn1CCC. The second-order valence-electron chi connectivity index (χ2n) is 4.06. The Morgan fingerprint density at radius 3 is 2.82 bits per heavy atom. The monoisotopic (exact) mass is 275 g/mol. The Bertz CT molecular complexity index is 328. The van der Waals surface area contributed by atoms with E-state index in [-0.39, 0.29) is 0 Å². The fourth-order valence-corrected chi connectivity index (χ4v) is 2.71. The van der Waals surface area contributed by atoms with Crippen LogP contribution < -0.4 is 5.32 Å². The van der Waals surface area contributed by atoms with Crippen LogP contribution in [0.5, 0.6) is 0 Å². The summed E-state index contributed by atoms with van der Waals surface area (Å²) in [5.74, 6) is 1.02. The molecule has 1 heterocycles. The van der Waals surface area contributed by atoms with Crippen LogP contribution in [0, 0.1) is 0 Å². The molecule has 3 nitrogen and oxygen atoms in total. The Morgan fingerprint density at radius 1 is 1.47 bits per heavy atom. The number of aromatic nitrogens is 2. The van der Waals surface area contributed by atoms with Crippen LogP contribution in [0.1, 0.15) is 38.4 Å². The van der Waals surface area contributed by atoms with Gasteiger partial charge in [-0.25, -0.2) is 0 Å². The quantitative estimate of drug-likeness (QED) is 0.789. The standard InChI is InChI=1S/C12H22ClN3S/c1-4-6-14-11(9-17-3)12-10(13)8-15-16(12)7-5-2/h8,11,14H,4-7,9H2,1-3H3. The number of hydrogen-bond acceptors (Lipinski definition) is 3. The van der Waals surface area contributed by atoms with Crippen molar-refractivity contribution in [2.45, 2.75) is 39.3 Å². The predicted molar refractivity (Wildman–Crippen MR) is 76.9 cm³/mol. The lowest BCUT2D eigenvalue weighted by molar-refractivity contribution is 0.499. The van der Waals surface area contributed by atoms with E-state index in [9.17, 15) is 0 Å². The van der Waals surface area contributed by atoms with E-state index in [1.165, 1.54) is 0 Å². The molecule has 98 valence electrons. The Morgan fingerprint density at radius 2 is 2.24 bits per heavy atom. The molecular weight excluding hydrogens is 254 g/mol. The first kappa shape index (κ1) is 14.9. The van der Waals surface area contributed by atoms with E-state index >= 15 is 0 Å². The zero-order chi connectivity index (χ0) is 12.7. The summed E-state index contributed by atoms with van der Waals surface area (Å²) in [4.78, 5) is 0. The minimum Gasteiger partial charge on any atom is -0.308 e. The van der Waals surface area contributed by atoms with Gasteiger partial charge in [0.2, 0.25) is 0 Å². The summed E-state index contributed by atoms with van der Waals surface area (Å²) in [6.07, 6.45) is 6.08. The molecule has 17 heavy (non-hydrogen) atoms. The highest BCUT2D eigenvalue weighted by Crippen LogP contribution is 2.25. The third-order valence-electron chi connectivity index (χ3n) is 2.57. The van der Waals surface area contributed by atoms with Crippen LogP contribution in [-0.2, 0) is 6.54 Å². The molecule has 0 fully saturated rings. The van der Waals surface area contributed by atoms with Gasteiger partial charge >= 0.3 is 0 Å². The maximum Gasteiger partial charge on any atom is 0.0834 e. The van der Waals surface area contributed by atoms with Crippen LogP contribution in [-0.4, -0.2) is 28.3 Å². The van der Waals surface area contributed by atoms with Crippen molar-refractivity contribution in [2.24, 2.45) is 0 Å². The molecule has 1 rings (SSSR count). The van der Waals surface area contributed by atoms with Gasteiger partial charge in [-0.15, -0.1) is 0 Å². The van der Waals surface area contributed by atoms with Crippen LogP contribution in [0.2, 0.25) is 5.02 Å². The first-order chi connectivity index (χ1) is 8.24. The van der Waals surface area contributed by atoms with E-state index in [2.05, 4.69) is 30.5 Å². The molecule has 0 aliphatic rings. The van der Waals surface area contributed by atoms with Gasteiger partial charge in [0.1, 0.15) is 0 Å². The third-order valence-corrected chi connectivity index (χ3v) is 3.53. The van der Waals surface area contributed by atoms with Crippen molar-refractivity contribution in [1.29, 1.82) is 0 Å². The van der Waals surface area contributed by atoms with E-state index in [1.807, 2.05) is 16.4 Å². The highest BCUT2D eigenvalue weighted by molar-refractivity contribution is 7.98. The lowest BCUT2D eigenvalue weighted by Crippen LogP contribution is -2.27. The normalized spacial score (nSPS) is 12.9. The Labute approximate surface area is 113 Å². The molecule has 0 aliphatic heterocycles. The molecule has 0 radical (unpaired) electrons. The molecule has 0 bridgehead atoms. The smallest absolute Gasteiger partial charge is 0.0834 e. The van der Waals surface area contributed by atoms with E-state index in [0.29, 0.717) is 6.04 Å². The van der Waals surface area contributed by atoms with Crippen molar-refractivity contribution in [3.8, 4) is 0 Å². The molecule has 1 aromatic heterocycles. The van der Waals surface area contributed by atoms with Gasteiger partial charge in [0.25, 0.3) is 0 Å². The number of thioether (sulfide) groups is 1. The van der Waals surface area contributed by atoms with Gasteiger partial charge in [-0.3, -0.25) is 4.68 Å². The lowest BCUT2D eigenvalue weighted by atomic mass is 10.2. The number of hydrogen-bond donors (Lipinski definition) is 1. The van der Waals surface area contributed by atoms with Crippen LogP contribution in [0.4, 0.5) is 0 Å². The summed E-state index contributed by atoms with van der Waals surface area (Å²) in [6, 6.07) is 0.298. The number of halogens is 1. The van der Waals surface area contributed by atoms with Crippen LogP contribution in [0.3, 0.4) is 0 Å². The summed E-state index contributed by atoms with van der Waals surface area (Å²) in [5.41, 5.74) is 1.14. The second-order valence-corrected chi connectivity index (χ2v) is 5.38. The maximum atomic E-state index is 6.26. The first-order valence-corrected chi connectivity index (χ1v) is 7.95. The van der Waals surface area contributed by atoms with Crippen molar-refractivity contribution >= 4 is 23.4 Å². The van der Waals surface area contributed by atoms with Crippen LogP contribution in [0.15, 0.2) is 6.20 Å². The number of rotatable bonds is 8. The molecule has 0 amide bonds. The highest BCUT2D eigenvalue weighted by atomic mass is 35.5. The Hall–Kier alpha value is -0.190. The van der Waals surface area contributed by atoms with Gasteiger partial charge in [0.05, 0.1) is 23.0 Å². The first-order valence-electron chi connectivity index (χ1n) is 6.18. The molecule has 1 aromatic rings. The van der Waals surface area contributed by atoms with Gasteiger partial charge in [0, 0.05) is 12.3 Å². The zero-order valence-corrected chi connectivity index (χ0v) is 12.4. The summed E-state index contributed by atoms with van der Waals surface area (Å²) in [7, 11) is 0. The molecule has 1 N–H and O–H groups in total. The van der Waals surface area contributed by atoms with E-state index in [1.54, 1.807) is 6.20 Å². The fourth-order valence-electron chi connectivity index (χ4n) is 1.83. The Kier molecular flexibility index (Phi) is 7.00. The van der Waals surface area contributed by atoms with E-state index < -0.39 is 0 Å². The summed E-state index contributed by atoms with van der Waals surface area (Å²) in [5, 5.41) is 8.68. The second kappa shape index (κ2) is 8.01. The molecule has 1 unspecified atom stereocenters. The predicted octanol–water partition coefficient (Wildman–Crippen LogP) is 3.35. The van der Waals surface area contributed by atoms with Gasteiger partial charge in [-0.2, -0.15) is 16.9 Å².